The molecule has 3 amide bonds. The smallest absolute Gasteiger partial charge is 0.287 e. The van der Waals surface area contributed by atoms with Crippen molar-refractivity contribution in [2.45, 2.75) is 0 Å². The normalized spacial score (nSPS) is 19.5. The van der Waals surface area contributed by atoms with Gasteiger partial charge in [0.05, 0.1) is 16.0 Å². The number of thiocarbonyl (C=S) groups is 1. The average Bonchev–Trinajstić information content (AvgIpc) is 2.87. The Kier molecular flexibility index (Phi) is 3.50. The topological polar surface area (TPSA) is 60.9 Å². The van der Waals surface area contributed by atoms with Crippen molar-refractivity contribution < 1.29 is 14.4 Å². The van der Waals surface area contributed by atoms with Crippen LogP contribution in [0.1, 0.15) is 20.7 Å². The second kappa shape index (κ2) is 5.22. The van der Waals surface area contributed by atoms with E-state index in [0.717, 1.165) is 21.8 Å². The lowest BCUT2D eigenvalue weighted by molar-refractivity contribution is -0.128. The maximum absolute atomic E-state index is 12.5. The zero-order valence-electron chi connectivity index (χ0n) is 11.8. The average molecular weight is 333 g/mol. The zero-order chi connectivity index (χ0) is 16.0. The maximum atomic E-state index is 12.5. The Bertz CT molecular complexity index is 722. The quantitative estimate of drug-likeness (QED) is 0.464. The van der Waals surface area contributed by atoms with Gasteiger partial charge in [0.25, 0.3) is 17.7 Å². The van der Waals surface area contributed by atoms with Gasteiger partial charge in [-0.2, -0.15) is 10.0 Å². The van der Waals surface area contributed by atoms with Gasteiger partial charge in [-0.3, -0.25) is 14.4 Å². The summed E-state index contributed by atoms with van der Waals surface area (Å²) in [6, 6.07) is 6.46. The van der Waals surface area contributed by atoms with Crippen LogP contribution in [-0.2, 0) is 4.79 Å². The van der Waals surface area contributed by atoms with E-state index < -0.39 is 17.7 Å². The summed E-state index contributed by atoms with van der Waals surface area (Å²) in [6.45, 7) is 0. The van der Waals surface area contributed by atoms with E-state index in [2.05, 4.69) is 0 Å². The second-order valence-electron chi connectivity index (χ2n) is 4.91. The van der Waals surface area contributed by atoms with Crippen LogP contribution in [0.2, 0.25) is 0 Å². The molecule has 8 heteroatoms. The number of carbonyl (C=O) groups excluding carboxylic acids is 3. The Labute approximate surface area is 136 Å². The Morgan fingerprint density at radius 1 is 1.00 bits per heavy atom. The molecule has 22 heavy (non-hydrogen) atoms. The number of rotatable bonds is 2. The van der Waals surface area contributed by atoms with Crippen molar-refractivity contribution in [3.8, 4) is 0 Å². The third-order valence-electron chi connectivity index (χ3n) is 3.12. The Hall–Kier alpha value is -2.19. The van der Waals surface area contributed by atoms with Crippen LogP contribution in [-0.4, -0.2) is 51.1 Å². The highest BCUT2D eigenvalue weighted by atomic mass is 32.2. The van der Waals surface area contributed by atoms with Crippen LogP contribution >= 0.6 is 24.0 Å². The maximum Gasteiger partial charge on any atom is 0.287 e. The van der Waals surface area contributed by atoms with Gasteiger partial charge >= 0.3 is 0 Å². The first-order chi connectivity index (χ1) is 10.4. The number of benzene rings is 1. The molecule has 0 radical (unpaired) electrons. The molecular formula is C14H11N3O3S2. The van der Waals surface area contributed by atoms with Gasteiger partial charge in [-0.15, -0.1) is 0 Å². The number of nitrogens with zero attached hydrogens (tertiary/aromatic N) is 3. The van der Waals surface area contributed by atoms with Gasteiger partial charge in [0, 0.05) is 20.3 Å². The van der Waals surface area contributed by atoms with Crippen LogP contribution in [0.5, 0.6) is 0 Å². The van der Waals surface area contributed by atoms with Gasteiger partial charge in [0.15, 0.2) is 4.32 Å². The fourth-order valence-corrected chi connectivity index (χ4v) is 3.53. The monoisotopic (exact) mass is 333 g/mol. The molecule has 0 N–H and O–H groups in total. The number of hydrazine groups is 1. The van der Waals surface area contributed by atoms with E-state index >= 15 is 0 Å². The summed E-state index contributed by atoms with van der Waals surface area (Å²) >= 11 is 6.22. The molecule has 2 aliphatic rings. The van der Waals surface area contributed by atoms with E-state index in [9.17, 15) is 14.4 Å². The van der Waals surface area contributed by atoms with E-state index in [1.165, 1.54) is 0 Å². The fourth-order valence-electron chi connectivity index (χ4n) is 2.21. The molecule has 6 nitrogen and oxygen atoms in total. The van der Waals surface area contributed by atoms with Crippen molar-refractivity contribution in [3.05, 3.63) is 46.5 Å². The minimum Gasteiger partial charge on any atom is -0.382 e. The molecule has 1 aromatic rings. The predicted octanol–water partition coefficient (Wildman–Crippen LogP) is 1.46. The Balaban J connectivity index is 2.00. The number of amides is 3. The molecule has 1 fully saturated rings. The van der Waals surface area contributed by atoms with Crippen LogP contribution in [0.15, 0.2) is 35.4 Å². The highest BCUT2D eigenvalue weighted by Gasteiger charge is 2.46. The van der Waals surface area contributed by atoms with Crippen LogP contribution < -0.4 is 0 Å². The summed E-state index contributed by atoms with van der Waals surface area (Å²) in [5, 5.41) is 1.79. The Morgan fingerprint density at radius 3 is 2.05 bits per heavy atom. The molecule has 0 aliphatic carbocycles. The minimum absolute atomic E-state index is 0.160. The minimum atomic E-state index is -0.539. The molecular weight excluding hydrogens is 322 g/mol. The lowest BCUT2D eigenvalue weighted by Gasteiger charge is -2.23. The van der Waals surface area contributed by atoms with Crippen LogP contribution in [0, 0.1) is 0 Å². The molecule has 0 unspecified atom stereocenters. The van der Waals surface area contributed by atoms with E-state index in [-0.39, 0.29) is 15.4 Å². The second-order valence-corrected chi connectivity index (χ2v) is 6.59. The molecule has 0 bridgehead atoms. The van der Waals surface area contributed by atoms with E-state index in [1.807, 2.05) is 0 Å². The molecule has 2 aliphatic heterocycles. The highest BCUT2D eigenvalue weighted by molar-refractivity contribution is 8.26. The van der Waals surface area contributed by atoms with Crippen LogP contribution in [0.3, 0.4) is 0 Å². The van der Waals surface area contributed by atoms with Gasteiger partial charge < -0.3 is 4.90 Å². The lowest BCUT2D eigenvalue weighted by Crippen LogP contribution is -2.48. The highest BCUT2D eigenvalue weighted by Crippen LogP contribution is 2.35. The first-order valence-corrected chi connectivity index (χ1v) is 7.56. The summed E-state index contributed by atoms with van der Waals surface area (Å²) < 4.78 is 0.160. The third kappa shape index (κ3) is 2.11. The number of hydrogen-bond donors (Lipinski definition) is 0. The van der Waals surface area contributed by atoms with Gasteiger partial charge in [0.2, 0.25) is 0 Å². The van der Waals surface area contributed by atoms with Crippen molar-refractivity contribution in [2.24, 2.45) is 0 Å². The largest absolute Gasteiger partial charge is 0.382 e. The van der Waals surface area contributed by atoms with Crippen molar-refractivity contribution >= 4 is 46.0 Å². The molecule has 0 atom stereocenters. The zero-order valence-corrected chi connectivity index (χ0v) is 13.4. The summed E-state index contributed by atoms with van der Waals surface area (Å²) in [5.74, 6) is -1.55. The molecule has 0 aromatic heterocycles. The van der Waals surface area contributed by atoms with E-state index in [0.29, 0.717) is 4.91 Å². The Morgan fingerprint density at radius 2 is 1.55 bits per heavy atom. The van der Waals surface area contributed by atoms with Gasteiger partial charge in [-0.05, 0) is 24.4 Å². The van der Waals surface area contributed by atoms with Gasteiger partial charge in [-0.1, -0.05) is 23.9 Å². The first-order valence-electron chi connectivity index (χ1n) is 6.34. The van der Waals surface area contributed by atoms with Crippen molar-refractivity contribution in [3.63, 3.8) is 0 Å². The molecule has 0 saturated carbocycles. The number of thioether (sulfide) groups is 1. The van der Waals surface area contributed by atoms with Crippen LogP contribution in [0.4, 0.5) is 0 Å². The summed E-state index contributed by atoms with van der Waals surface area (Å²) in [7, 11) is 3.54. The molecule has 3 rings (SSSR count). The summed E-state index contributed by atoms with van der Waals surface area (Å²) in [5.41, 5.74) is 0.552. The lowest BCUT2D eigenvalue weighted by atomic mass is 10.1. The molecule has 2 heterocycles. The van der Waals surface area contributed by atoms with Crippen molar-refractivity contribution in [1.29, 1.82) is 0 Å². The summed E-state index contributed by atoms with van der Waals surface area (Å²) in [4.78, 5) is 39.4. The third-order valence-corrected chi connectivity index (χ3v) is 4.39. The van der Waals surface area contributed by atoms with Crippen LogP contribution in [0.25, 0.3) is 0 Å². The molecule has 112 valence electrons. The number of hydrogen-bond acceptors (Lipinski definition) is 6. The standard InChI is InChI=1S/C14H11N3O3S2/c1-15(2)7-10-13(20)17(14(21)22-10)16-11(18)8-5-3-4-6-9(8)12(16)19/h3-7H,1-2H3/b10-7+. The SMILES string of the molecule is CN(C)/C=C1/SC(=S)N(N2C(=O)c3ccccc3C2=O)C1=O. The number of carbonyl (C=O) groups is 3. The summed E-state index contributed by atoms with van der Waals surface area (Å²) in [6.07, 6.45) is 1.61. The van der Waals surface area contributed by atoms with Crippen molar-refractivity contribution in [2.75, 3.05) is 14.1 Å². The molecule has 0 spiro atoms. The van der Waals surface area contributed by atoms with E-state index in [1.54, 1.807) is 49.5 Å². The van der Waals surface area contributed by atoms with E-state index in [4.69, 9.17) is 12.2 Å². The fraction of sp³-hybridized carbons (Fsp3) is 0.143. The molecule has 1 saturated heterocycles. The predicted molar refractivity (Wildman–Crippen MR) is 85.7 cm³/mol. The first kappa shape index (κ1) is 14.7. The number of fused-ring (bicyclic) bond motifs is 1. The van der Waals surface area contributed by atoms with Crippen molar-refractivity contribution in [1.82, 2.24) is 14.9 Å². The number of imide groups is 1. The van der Waals surface area contributed by atoms with Gasteiger partial charge in [-0.25, -0.2) is 0 Å². The molecule has 1 aromatic carbocycles. The van der Waals surface area contributed by atoms with Gasteiger partial charge in [0.1, 0.15) is 0 Å².